The minimum Gasteiger partial charge on any atom is -0.463 e. The van der Waals surface area contributed by atoms with Gasteiger partial charge in [-0.1, -0.05) is 49.8 Å². The molecule has 0 aliphatic rings. The molecule has 0 radical (unpaired) electrons. The van der Waals surface area contributed by atoms with Crippen LogP contribution in [0.1, 0.15) is 32.3 Å². The lowest BCUT2D eigenvalue weighted by atomic mass is 9.78. The third-order valence-electron chi connectivity index (χ3n) is 2.92. The molecule has 1 atom stereocenters. The van der Waals surface area contributed by atoms with E-state index in [1.54, 1.807) is 13.0 Å². The first-order chi connectivity index (χ1) is 9.18. The SMILES string of the molecule is CCCC(C#N)(C=CC(=O)OCC)c1ccccc1. The van der Waals surface area contributed by atoms with Gasteiger partial charge in [0.05, 0.1) is 12.7 Å². The van der Waals surface area contributed by atoms with Crippen LogP contribution in [-0.4, -0.2) is 12.6 Å². The molecule has 3 heteroatoms. The molecule has 0 amide bonds. The number of ether oxygens (including phenoxy) is 1. The first-order valence-electron chi connectivity index (χ1n) is 6.51. The monoisotopic (exact) mass is 257 g/mol. The average Bonchev–Trinajstić information content (AvgIpc) is 2.45. The van der Waals surface area contributed by atoms with Crippen LogP contribution in [0.15, 0.2) is 42.5 Å². The molecule has 0 saturated carbocycles. The van der Waals surface area contributed by atoms with E-state index in [1.165, 1.54) is 6.08 Å². The van der Waals surface area contributed by atoms with E-state index in [0.29, 0.717) is 13.0 Å². The first kappa shape index (κ1) is 15.0. The van der Waals surface area contributed by atoms with Crippen LogP contribution in [0.5, 0.6) is 0 Å². The molecule has 0 heterocycles. The Morgan fingerprint density at radius 1 is 1.37 bits per heavy atom. The Bertz CT molecular complexity index is 473. The summed E-state index contributed by atoms with van der Waals surface area (Å²) in [5.41, 5.74) is 0.142. The fraction of sp³-hybridized carbons (Fsp3) is 0.375. The number of carbonyl (C=O) groups is 1. The van der Waals surface area contributed by atoms with E-state index in [-0.39, 0.29) is 0 Å². The number of carbonyl (C=O) groups excluding carboxylic acids is 1. The van der Waals surface area contributed by atoms with Crippen molar-refractivity contribution in [3.05, 3.63) is 48.0 Å². The van der Waals surface area contributed by atoms with Crippen molar-refractivity contribution >= 4 is 5.97 Å². The van der Waals surface area contributed by atoms with Crippen LogP contribution in [0.25, 0.3) is 0 Å². The standard InChI is InChI=1S/C16H19NO2/c1-3-11-16(13-17,12-10-15(18)19-4-2)14-8-6-5-7-9-14/h5-10,12H,3-4,11H2,1-2H3. The molecule has 0 spiro atoms. The highest BCUT2D eigenvalue weighted by Crippen LogP contribution is 2.30. The second-order valence-corrected chi connectivity index (χ2v) is 4.28. The molecule has 19 heavy (non-hydrogen) atoms. The molecule has 0 aliphatic carbocycles. The molecule has 0 fully saturated rings. The zero-order valence-electron chi connectivity index (χ0n) is 11.4. The second-order valence-electron chi connectivity index (χ2n) is 4.28. The van der Waals surface area contributed by atoms with Gasteiger partial charge >= 0.3 is 5.97 Å². The van der Waals surface area contributed by atoms with Gasteiger partial charge in [-0.05, 0) is 18.9 Å². The third kappa shape index (κ3) is 3.96. The molecule has 0 aliphatic heterocycles. The highest BCUT2D eigenvalue weighted by molar-refractivity contribution is 5.82. The van der Waals surface area contributed by atoms with Gasteiger partial charge in [-0.2, -0.15) is 5.26 Å². The van der Waals surface area contributed by atoms with Crippen molar-refractivity contribution < 1.29 is 9.53 Å². The Labute approximate surface area is 114 Å². The summed E-state index contributed by atoms with van der Waals surface area (Å²) in [4.78, 5) is 11.4. The number of hydrogen-bond acceptors (Lipinski definition) is 3. The maximum Gasteiger partial charge on any atom is 0.330 e. The summed E-state index contributed by atoms with van der Waals surface area (Å²) in [7, 11) is 0. The lowest BCUT2D eigenvalue weighted by molar-refractivity contribution is -0.137. The van der Waals surface area contributed by atoms with E-state index >= 15 is 0 Å². The van der Waals surface area contributed by atoms with E-state index in [1.807, 2.05) is 37.3 Å². The van der Waals surface area contributed by atoms with Gasteiger partial charge in [-0.3, -0.25) is 0 Å². The summed E-state index contributed by atoms with van der Waals surface area (Å²) in [5.74, 6) is -0.408. The number of allylic oxidation sites excluding steroid dienone is 1. The van der Waals surface area contributed by atoms with E-state index < -0.39 is 11.4 Å². The summed E-state index contributed by atoms with van der Waals surface area (Å²) in [6.45, 7) is 4.11. The lowest BCUT2D eigenvalue weighted by Crippen LogP contribution is -2.21. The molecule has 3 nitrogen and oxygen atoms in total. The van der Waals surface area contributed by atoms with Crippen LogP contribution in [0.3, 0.4) is 0 Å². The summed E-state index contributed by atoms with van der Waals surface area (Å²) in [6.07, 6.45) is 4.54. The Balaban J connectivity index is 3.07. The van der Waals surface area contributed by atoms with Crippen LogP contribution < -0.4 is 0 Å². The molecule has 100 valence electrons. The van der Waals surface area contributed by atoms with Gasteiger partial charge in [0, 0.05) is 6.08 Å². The van der Waals surface area contributed by atoms with Crippen LogP contribution >= 0.6 is 0 Å². The van der Waals surface area contributed by atoms with E-state index in [2.05, 4.69) is 6.07 Å². The van der Waals surface area contributed by atoms with Gasteiger partial charge in [-0.15, -0.1) is 0 Å². The molecular formula is C16H19NO2. The van der Waals surface area contributed by atoms with Crippen molar-refractivity contribution in [1.29, 1.82) is 5.26 Å². The largest absolute Gasteiger partial charge is 0.463 e. The maximum atomic E-state index is 11.4. The Kier molecular flexibility index (Phi) is 5.81. The fourth-order valence-corrected chi connectivity index (χ4v) is 2.01. The number of rotatable bonds is 6. The lowest BCUT2D eigenvalue weighted by Gasteiger charge is -2.22. The fourth-order valence-electron chi connectivity index (χ4n) is 2.01. The number of hydrogen-bond donors (Lipinski definition) is 0. The van der Waals surface area contributed by atoms with Gasteiger partial charge in [0.2, 0.25) is 0 Å². The predicted octanol–water partition coefficient (Wildman–Crippen LogP) is 3.37. The van der Waals surface area contributed by atoms with Crippen LogP contribution in [-0.2, 0) is 14.9 Å². The van der Waals surface area contributed by atoms with E-state index in [0.717, 1.165) is 12.0 Å². The summed E-state index contributed by atoms with van der Waals surface area (Å²) >= 11 is 0. The molecule has 1 aromatic rings. The first-order valence-corrected chi connectivity index (χ1v) is 6.51. The van der Waals surface area contributed by atoms with Gasteiger partial charge in [-0.25, -0.2) is 4.79 Å². The molecule has 1 aromatic carbocycles. The molecule has 0 aromatic heterocycles. The number of nitriles is 1. The highest BCUT2D eigenvalue weighted by Gasteiger charge is 2.28. The zero-order chi connectivity index (χ0) is 14.1. The van der Waals surface area contributed by atoms with Gasteiger partial charge < -0.3 is 4.74 Å². The van der Waals surface area contributed by atoms with Crippen molar-refractivity contribution in [1.82, 2.24) is 0 Å². The van der Waals surface area contributed by atoms with Gasteiger partial charge in [0.15, 0.2) is 0 Å². The molecule has 0 bridgehead atoms. The minimum atomic E-state index is -0.761. The minimum absolute atomic E-state index is 0.335. The smallest absolute Gasteiger partial charge is 0.330 e. The van der Waals surface area contributed by atoms with E-state index in [4.69, 9.17) is 4.74 Å². The summed E-state index contributed by atoms with van der Waals surface area (Å²) in [5, 5.41) is 9.55. The molecular weight excluding hydrogens is 238 g/mol. The number of esters is 1. The molecule has 1 rings (SSSR count). The van der Waals surface area contributed by atoms with Crippen molar-refractivity contribution in [3.8, 4) is 6.07 Å². The van der Waals surface area contributed by atoms with Gasteiger partial charge in [0.25, 0.3) is 0 Å². The van der Waals surface area contributed by atoms with Crippen LogP contribution in [0.2, 0.25) is 0 Å². The number of benzene rings is 1. The summed E-state index contributed by atoms with van der Waals surface area (Å²) < 4.78 is 4.86. The predicted molar refractivity (Wildman–Crippen MR) is 74.4 cm³/mol. The maximum absolute atomic E-state index is 11.4. The quantitative estimate of drug-likeness (QED) is 0.580. The molecule has 0 saturated heterocycles. The van der Waals surface area contributed by atoms with E-state index in [9.17, 15) is 10.1 Å². The summed E-state index contributed by atoms with van der Waals surface area (Å²) in [6, 6.07) is 11.9. The van der Waals surface area contributed by atoms with Crippen LogP contribution in [0, 0.1) is 11.3 Å². The van der Waals surface area contributed by atoms with Gasteiger partial charge in [0.1, 0.15) is 5.41 Å². The van der Waals surface area contributed by atoms with Crippen molar-refractivity contribution in [2.75, 3.05) is 6.61 Å². The van der Waals surface area contributed by atoms with Crippen LogP contribution in [0.4, 0.5) is 0 Å². The molecule has 1 unspecified atom stereocenters. The Morgan fingerprint density at radius 2 is 2.05 bits per heavy atom. The molecule has 0 N–H and O–H groups in total. The Morgan fingerprint density at radius 3 is 2.58 bits per heavy atom. The highest BCUT2D eigenvalue weighted by atomic mass is 16.5. The van der Waals surface area contributed by atoms with Crippen molar-refractivity contribution in [3.63, 3.8) is 0 Å². The third-order valence-corrected chi connectivity index (χ3v) is 2.92. The second kappa shape index (κ2) is 7.38. The number of nitrogens with zero attached hydrogens (tertiary/aromatic N) is 1. The normalized spacial score (nSPS) is 13.7. The van der Waals surface area contributed by atoms with Crippen molar-refractivity contribution in [2.45, 2.75) is 32.1 Å². The Hall–Kier alpha value is -2.08. The zero-order valence-corrected chi connectivity index (χ0v) is 11.4. The average molecular weight is 257 g/mol. The topological polar surface area (TPSA) is 50.1 Å². The van der Waals surface area contributed by atoms with Crippen molar-refractivity contribution in [2.24, 2.45) is 0 Å².